The van der Waals surface area contributed by atoms with Crippen molar-refractivity contribution >= 4 is 11.6 Å². The summed E-state index contributed by atoms with van der Waals surface area (Å²) in [7, 11) is 0. The molecule has 4 nitrogen and oxygen atoms in total. The molecule has 0 radical (unpaired) electrons. The van der Waals surface area contributed by atoms with Gasteiger partial charge in [-0.05, 0) is 13.0 Å². The number of rotatable bonds is 3. The maximum Gasteiger partial charge on any atom is 0.217 e. The molecule has 0 spiro atoms. The lowest BCUT2D eigenvalue weighted by molar-refractivity contribution is 0.103. The van der Waals surface area contributed by atoms with Gasteiger partial charge in [-0.25, -0.2) is 4.98 Å². The summed E-state index contributed by atoms with van der Waals surface area (Å²) in [4.78, 5) is 4.08. The van der Waals surface area contributed by atoms with Crippen LogP contribution in [0.3, 0.4) is 0 Å². The zero-order valence-corrected chi connectivity index (χ0v) is 9.78. The Balaban J connectivity index is 1.96. The second-order valence-electron chi connectivity index (χ2n) is 3.93. The molecule has 2 atom stereocenters. The Hall–Kier alpha value is -0.840. The van der Waals surface area contributed by atoms with E-state index in [1.165, 1.54) is 0 Å². The number of nitrogens with zero attached hydrogens (tertiary/aromatic N) is 1. The van der Waals surface area contributed by atoms with Crippen LogP contribution in [-0.2, 0) is 4.74 Å². The summed E-state index contributed by atoms with van der Waals surface area (Å²) in [5.41, 5.74) is 0.929. The molecule has 2 heterocycles. The van der Waals surface area contributed by atoms with Gasteiger partial charge in [0.25, 0.3) is 0 Å². The lowest BCUT2D eigenvalue weighted by atomic mass is 10.1. The largest absolute Gasteiger partial charge is 0.477 e. The second kappa shape index (κ2) is 4.99. The van der Waals surface area contributed by atoms with Gasteiger partial charge < -0.3 is 14.6 Å². The minimum absolute atomic E-state index is 0.0141. The quantitative estimate of drug-likeness (QED) is 0.816. The molecule has 16 heavy (non-hydrogen) atoms. The van der Waals surface area contributed by atoms with Gasteiger partial charge >= 0.3 is 0 Å². The van der Waals surface area contributed by atoms with E-state index in [4.69, 9.17) is 21.1 Å². The Bertz CT molecular complexity index is 372. The summed E-state index contributed by atoms with van der Waals surface area (Å²) in [6, 6.07) is 3.57. The zero-order chi connectivity index (χ0) is 11.5. The van der Waals surface area contributed by atoms with Crippen LogP contribution in [0.25, 0.3) is 0 Å². The van der Waals surface area contributed by atoms with E-state index in [0.29, 0.717) is 30.9 Å². The molecule has 5 heteroatoms. The van der Waals surface area contributed by atoms with Crippen molar-refractivity contribution in [3.63, 3.8) is 0 Å². The smallest absolute Gasteiger partial charge is 0.217 e. The highest BCUT2D eigenvalue weighted by Crippen LogP contribution is 2.20. The van der Waals surface area contributed by atoms with Crippen molar-refractivity contribution in [2.75, 3.05) is 19.8 Å². The predicted octanol–water partition coefficient (Wildman–Crippen LogP) is 1.43. The van der Waals surface area contributed by atoms with E-state index < -0.39 is 6.10 Å². The highest BCUT2D eigenvalue weighted by molar-refractivity contribution is 6.29. The molecule has 1 fully saturated rings. The van der Waals surface area contributed by atoms with Crippen LogP contribution in [0.5, 0.6) is 5.88 Å². The van der Waals surface area contributed by atoms with Crippen LogP contribution in [0.4, 0.5) is 0 Å². The number of aliphatic hydroxyl groups excluding tert-OH is 1. The van der Waals surface area contributed by atoms with E-state index >= 15 is 0 Å². The number of pyridine rings is 1. The Morgan fingerprint density at radius 1 is 1.56 bits per heavy atom. The Labute approximate surface area is 99.2 Å². The first-order chi connectivity index (χ1) is 7.66. The molecular weight excluding hydrogens is 230 g/mol. The third kappa shape index (κ3) is 2.64. The Morgan fingerprint density at radius 2 is 2.38 bits per heavy atom. The number of hydrogen-bond acceptors (Lipinski definition) is 4. The standard InChI is InChI=1S/C11H14ClNO3/c1-7-2-3-10(12)13-11(7)16-5-8-4-15-6-9(8)14/h2-3,8-9,14H,4-6H2,1H3/t8?,9-/m1/s1. The SMILES string of the molecule is Cc1ccc(Cl)nc1OCC1COC[C@H]1O. The molecule has 1 unspecified atom stereocenters. The molecule has 0 bridgehead atoms. The summed E-state index contributed by atoms with van der Waals surface area (Å²) < 4.78 is 10.7. The first kappa shape index (κ1) is 11.6. The summed E-state index contributed by atoms with van der Waals surface area (Å²) in [6.07, 6.45) is -0.445. The van der Waals surface area contributed by atoms with Gasteiger partial charge in [-0.3, -0.25) is 0 Å². The molecule has 1 aliphatic heterocycles. The van der Waals surface area contributed by atoms with Crippen LogP contribution >= 0.6 is 11.6 Å². The van der Waals surface area contributed by atoms with Crippen LogP contribution in [-0.4, -0.2) is 36.0 Å². The topological polar surface area (TPSA) is 51.6 Å². The van der Waals surface area contributed by atoms with Gasteiger partial charge in [0, 0.05) is 11.5 Å². The van der Waals surface area contributed by atoms with Crippen LogP contribution in [0.2, 0.25) is 5.15 Å². The van der Waals surface area contributed by atoms with Gasteiger partial charge in [0.15, 0.2) is 0 Å². The summed E-state index contributed by atoms with van der Waals surface area (Å²) in [5.74, 6) is 0.534. The van der Waals surface area contributed by atoms with Crippen molar-refractivity contribution < 1.29 is 14.6 Å². The number of halogens is 1. The molecular formula is C11H14ClNO3. The molecule has 0 aliphatic carbocycles. The van der Waals surface area contributed by atoms with Gasteiger partial charge in [-0.2, -0.15) is 0 Å². The third-order valence-electron chi connectivity index (χ3n) is 2.62. The molecule has 1 aromatic rings. The predicted molar refractivity (Wildman–Crippen MR) is 59.8 cm³/mol. The average Bonchev–Trinajstić information content (AvgIpc) is 2.66. The lowest BCUT2D eigenvalue weighted by Gasteiger charge is -2.14. The Morgan fingerprint density at radius 3 is 3.06 bits per heavy atom. The van der Waals surface area contributed by atoms with Crippen LogP contribution in [0.1, 0.15) is 5.56 Å². The first-order valence-electron chi connectivity index (χ1n) is 5.18. The van der Waals surface area contributed by atoms with Crippen LogP contribution in [0.15, 0.2) is 12.1 Å². The van der Waals surface area contributed by atoms with Crippen LogP contribution in [0, 0.1) is 12.8 Å². The van der Waals surface area contributed by atoms with Crippen molar-refractivity contribution in [2.24, 2.45) is 5.92 Å². The van der Waals surface area contributed by atoms with E-state index in [0.717, 1.165) is 5.56 Å². The molecule has 0 aromatic carbocycles. The van der Waals surface area contributed by atoms with Crippen molar-refractivity contribution in [1.82, 2.24) is 4.98 Å². The van der Waals surface area contributed by atoms with Crippen molar-refractivity contribution in [3.8, 4) is 5.88 Å². The number of hydrogen-bond donors (Lipinski definition) is 1. The molecule has 1 saturated heterocycles. The van der Waals surface area contributed by atoms with Gasteiger partial charge in [0.1, 0.15) is 5.15 Å². The number of aliphatic hydroxyl groups is 1. The molecule has 88 valence electrons. The van der Waals surface area contributed by atoms with Crippen molar-refractivity contribution in [3.05, 3.63) is 22.8 Å². The number of aromatic nitrogens is 1. The van der Waals surface area contributed by atoms with Crippen molar-refractivity contribution in [1.29, 1.82) is 0 Å². The third-order valence-corrected chi connectivity index (χ3v) is 2.83. The minimum atomic E-state index is -0.445. The minimum Gasteiger partial charge on any atom is -0.477 e. The Kier molecular flexibility index (Phi) is 3.63. The summed E-state index contributed by atoms with van der Waals surface area (Å²) in [5, 5.41) is 9.95. The van der Waals surface area contributed by atoms with Gasteiger partial charge in [0.2, 0.25) is 5.88 Å². The fourth-order valence-corrected chi connectivity index (χ4v) is 1.71. The lowest BCUT2D eigenvalue weighted by Crippen LogP contribution is -2.24. The monoisotopic (exact) mass is 243 g/mol. The van der Waals surface area contributed by atoms with Gasteiger partial charge in [-0.1, -0.05) is 17.7 Å². The highest BCUT2D eigenvalue weighted by Gasteiger charge is 2.27. The molecule has 1 N–H and O–H groups in total. The fourth-order valence-electron chi connectivity index (χ4n) is 1.57. The number of aryl methyl sites for hydroxylation is 1. The second-order valence-corrected chi connectivity index (χ2v) is 4.32. The summed E-state index contributed by atoms with van der Waals surface area (Å²) >= 11 is 5.78. The maximum absolute atomic E-state index is 9.54. The van der Waals surface area contributed by atoms with Crippen LogP contribution < -0.4 is 4.74 Å². The summed E-state index contributed by atoms with van der Waals surface area (Å²) in [6.45, 7) is 3.21. The van der Waals surface area contributed by atoms with E-state index in [9.17, 15) is 5.11 Å². The molecule has 1 aliphatic rings. The van der Waals surface area contributed by atoms with E-state index in [2.05, 4.69) is 4.98 Å². The first-order valence-corrected chi connectivity index (χ1v) is 5.56. The molecule has 2 rings (SSSR count). The number of ether oxygens (including phenoxy) is 2. The van der Waals surface area contributed by atoms with Gasteiger partial charge in [-0.15, -0.1) is 0 Å². The molecule has 0 amide bonds. The fraction of sp³-hybridized carbons (Fsp3) is 0.545. The maximum atomic E-state index is 9.54. The average molecular weight is 244 g/mol. The van der Waals surface area contributed by atoms with Crippen molar-refractivity contribution in [2.45, 2.75) is 13.0 Å². The van der Waals surface area contributed by atoms with E-state index in [1.54, 1.807) is 6.07 Å². The van der Waals surface area contributed by atoms with E-state index in [1.807, 2.05) is 13.0 Å². The van der Waals surface area contributed by atoms with E-state index in [-0.39, 0.29) is 5.92 Å². The molecule has 1 aromatic heterocycles. The normalized spacial score (nSPS) is 24.7. The van der Waals surface area contributed by atoms with Gasteiger partial charge in [0.05, 0.1) is 25.9 Å². The molecule has 0 saturated carbocycles. The zero-order valence-electron chi connectivity index (χ0n) is 9.02. The highest BCUT2D eigenvalue weighted by atomic mass is 35.5.